The molecule has 0 aliphatic heterocycles. The standard InChI is InChI=1S/C18H22N6O3S/c1-13-10-15(4-5-16(13)27-3)28(25,26)23-7-6-20-17-11-18(22-12-21-17)24-9-8-19-14(24)2/h4-5,8-12,23H,6-7H2,1-3H3,(H,20,21,22). The van der Waals surface area contributed by atoms with Crippen molar-refractivity contribution in [1.29, 1.82) is 0 Å². The van der Waals surface area contributed by atoms with Crippen molar-refractivity contribution >= 4 is 15.8 Å². The third-order valence-corrected chi connectivity index (χ3v) is 5.58. The maximum Gasteiger partial charge on any atom is 0.240 e. The molecule has 0 amide bonds. The summed E-state index contributed by atoms with van der Waals surface area (Å²) in [6.07, 6.45) is 4.95. The van der Waals surface area contributed by atoms with Crippen LogP contribution in [0, 0.1) is 13.8 Å². The second-order valence-electron chi connectivity index (χ2n) is 6.06. The number of aromatic nitrogens is 4. The minimum Gasteiger partial charge on any atom is -0.496 e. The Morgan fingerprint density at radius 3 is 2.61 bits per heavy atom. The molecule has 2 N–H and O–H groups in total. The van der Waals surface area contributed by atoms with Gasteiger partial charge in [-0.2, -0.15) is 0 Å². The van der Waals surface area contributed by atoms with Gasteiger partial charge in [-0.1, -0.05) is 0 Å². The van der Waals surface area contributed by atoms with Gasteiger partial charge in [0.1, 0.15) is 29.5 Å². The van der Waals surface area contributed by atoms with Crippen molar-refractivity contribution in [2.45, 2.75) is 18.7 Å². The van der Waals surface area contributed by atoms with Crippen LogP contribution in [-0.2, 0) is 10.0 Å². The van der Waals surface area contributed by atoms with E-state index in [0.717, 1.165) is 11.4 Å². The summed E-state index contributed by atoms with van der Waals surface area (Å²) in [7, 11) is -2.05. The van der Waals surface area contributed by atoms with Gasteiger partial charge in [0.25, 0.3) is 0 Å². The molecule has 0 radical (unpaired) electrons. The number of anilines is 1. The molecule has 1 aromatic carbocycles. The molecule has 0 fully saturated rings. The van der Waals surface area contributed by atoms with Gasteiger partial charge in [-0.15, -0.1) is 0 Å². The first-order valence-corrected chi connectivity index (χ1v) is 10.1. The predicted octanol–water partition coefficient (Wildman–Crippen LogP) is 1.68. The molecule has 28 heavy (non-hydrogen) atoms. The van der Waals surface area contributed by atoms with Crippen molar-refractivity contribution in [2.24, 2.45) is 0 Å². The van der Waals surface area contributed by atoms with Gasteiger partial charge < -0.3 is 10.1 Å². The molecular formula is C18H22N6O3S. The molecule has 0 saturated carbocycles. The second kappa shape index (κ2) is 8.36. The second-order valence-corrected chi connectivity index (χ2v) is 7.83. The molecular weight excluding hydrogens is 380 g/mol. The first kappa shape index (κ1) is 19.8. The van der Waals surface area contributed by atoms with Crippen molar-refractivity contribution in [3.63, 3.8) is 0 Å². The molecule has 9 nitrogen and oxygen atoms in total. The Bertz CT molecular complexity index is 1060. The molecule has 0 spiro atoms. The number of rotatable bonds is 8. The number of benzene rings is 1. The maximum absolute atomic E-state index is 12.4. The summed E-state index contributed by atoms with van der Waals surface area (Å²) in [5, 5.41) is 3.09. The number of nitrogens with one attached hydrogen (secondary N) is 2. The molecule has 3 rings (SSSR count). The zero-order valence-electron chi connectivity index (χ0n) is 15.9. The van der Waals surface area contributed by atoms with Gasteiger partial charge in [0.05, 0.1) is 12.0 Å². The van der Waals surface area contributed by atoms with E-state index in [2.05, 4.69) is 25.0 Å². The van der Waals surface area contributed by atoms with Crippen molar-refractivity contribution < 1.29 is 13.2 Å². The average molecular weight is 402 g/mol. The third-order valence-electron chi connectivity index (χ3n) is 4.13. The molecule has 0 aliphatic carbocycles. The fourth-order valence-corrected chi connectivity index (χ4v) is 3.79. The molecule has 148 valence electrons. The highest BCUT2D eigenvalue weighted by Crippen LogP contribution is 2.21. The van der Waals surface area contributed by atoms with Crippen LogP contribution in [0.15, 0.2) is 47.9 Å². The monoisotopic (exact) mass is 402 g/mol. The number of nitrogens with zero attached hydrogens (tertiary/aromatic N) is 4. The van der Waals surface area contributed by atoms with Crippen molar-refractivity contribution in [3.05, 3.63) is 54.4 Å². The van der Waals surface area contributed by atoms with Gasteiger partial charge in [-0.05, 0) is 37.6 Å². The number of sulfonamides is 1. The lowest BCUT2D eigenvalue weighted by Crippen LogP contribution is -2.29. The van der Waals surface area contributed by atoms with Crippen molar-refractivity contribution in [2.75, 3.05) is 25.5 Å². The highest BCUT2D eigenvalue weighted by atomic mass is 32.2. The number of ether oxygens (including phenoxy) is 1. The van der Waals surface area contributed by atoms with E-state index < -0.39 is 10.0 Å². The number of hydrogen-bond donors (Lipinski definition) is 2. The lowest BCUT2D eigenvalue weighted by molar-refractivity contribution is 0.411. The minimum absolute atomic E-state index is 0.200. The molecule has 3 aromatic rings. The summed E-state index contributed by atoms with van der Waals surface area (Å²) in [5.74, 6) is 2.74. The lowest BCUT2D eigenvalue weighted by Gasteiger charge is -2.11. The Morgan fingerprint density at radius 1 is 1.11 bits per heavy atom. The Hall–Kier alpha value is -2.98. The van der Waals surface area contributed by atoms with Crippen LogP contribution >= 0.6 is 0 Å². The van der Waals surface area contributed by atoms with Gasteiger partial charge in [-0.25, -0.2) is 28.1 Å². The minimum atomic E-state index is -3.60. The van der Waals surface area contributed by atoms with Crippen LogP contribution in [0.5, 0.6) is 5.75 Å². The Morgan fingerprint density at radius 2 is 1.93 bits per heavy atom. The van der Waals surface area contributed by atoms with E-state index in [1.165, 1.54) is 12.4 Å². The highest BCUT2D eigenvalue weighted by Gasteiger charge is 2.14. The zero-order valence-corrected chi connectivity index (χ0v) is 16.7. The lowest BCUT2D eigenvalue weighted by atomic mass is 10.2. The van der Waals surface area contributed by atoms with Crippen LogP contribution in [0.25, 0.3) is 5.82 Å². The Balaban J connectivity index is 1.58. The highest BCUT2D eigenvalue weighted by molar-refractivity contribution is 7.89. The smallest absolute Gasteiger partial charge is 0.240 e. The summed E-state index contributed by atoms with van der Waals surface area (Å²) in [5.41, 5.74) is 0.756. The van der Waals surface area contributed by atoms with Gasteiger partial charge in [0, 0.05) is 31.5 Å². The number of aryl methyl sites for hydroxylation is 2. The predicted molar refractivity (Wildman–Crippen MR) is 105 cm³/mol. The largest absolute Gasteiger partial charge is 0.496 e. The van der Waals surface area contributed by atoms with Crippen LogP contribution in [0.3, 0.4) is 0 Å². The molecule has 0 bridgehead atoms. The zero-order chi connectivity index (χ0) is 20.1. The van der Waals surface area contributed by atoms with E-state index in [-0.39, 0.29) is 11.4 Å². The Kier molecular flexibility index (Phi) is 5.90. The number of hydrogen-bond acceptors (Lipinski definition) is 7. The van der Waals surface area contributed by atoms with Gasteiger partial charge in [0.15, 0.2) is 0 Å². The SMILES string of the molecule is COc1ccc(S(=O)(=O)NCCNc2cc(-n3ccnc3C)ncn2)cc1C. The first-order valence-electron chi connectivity index (χ1n) is 8.61. The fraction of sp³-hybridized carbons (Fsp3) is 0.278. The first-order chi connectivity index (χ1) is 13.4. The summed E-state index contributed by atoms with van der Waals surface area (Å²) >= 11 is 0. The normalized spacial score (nSPS) is 11.4. The van der Waals surface area contributed by atoms with E-state index in [1.54, 1.807) is 38.4 Å². The van der Waals surface area contributed by atoms with Gasteiger partial charge >= 0.3 is 0 Å². The van der Waals surface area contributed by atoms with Crippen LogP contribution < -0.4 is 14.8 Å². The van der Waals surface area contributed by atoms with Gasteiger partial charge in [-0.3, -0.25) is 4.57 Å². The van der Waals surface area contributed by atoms with Crippen LogP contribution in [-0.4, -0.2) is 48.1 Å². The molecule has 0 aliphatic rings. The number of imidazole rings is 1. The van der Waals surface area contributed by atoms with Gasteiger partial charge in [0.2, 0.25) is 10.0 Å². The number of methoxy groups -OCH3 is 1. The molecule has 2 heterocycles. The third kappa shape index (κ3) is 4.46. The summed E-state index contributed by atoms with van der Waals surface area (Å²) < 4.78 is 34.4. The van der Waals surface area contributed by atoms with Crippen LogP contribution in [0.1, 0.15) is 11.4 Å². The fourth-order valence-electron chi connectivity index (χ4n) is 2.67. The molecule has 2 aromatic heterocycles. The quantitative estimate of drug-likeness (QED) is 0.552. The topological polar surface area (TPSA) is 111 Å². The summed E-state index contributed by atoms with van der Waals surface area (Å²) in [4.78, 5) is 12.7. The van der Waals surface area contributed by atoms with E-state index >= 15 is 0 Å². The summed E-state index contributed by atoms with van der Waals surface area (Å²) in [6.45, 7) is 4.25. The van der Waals surface area contributed by atoms with Crippen LogP contribution in [0.2, 0.25) is 0 Å². The maximum atomic E-state index is 12.4. The van der Waals surface area contributed by atoms with Crippen molar-refractivity contribution in [1.82, 2.24) is 24.2 Å². The van der Waals surface area contributed by atoms with Crippen LogP contribution in [0.4, 0.5) is 5.82 Å². The van der Waals surface area contributed by atoms with E-state index in [4.69, 9.17) is 4.74 Å². The van der Waals surface area contributed by atoms with E-state index in [0.29, 0.717) is 23.9 Å². The van der Waals surface area contributed by atoms with E-state index in [9.17, 15) is 8.42 Å². The molecule has 10 heteroatoms. The molecule has 0 saturated heterocycles. The molecule has 0 atom stereocenters. The van der Waals surface area contributed by atoms with E-state index in [1.807, 2.05) is 17.7 Å². The summed E-state index contributed by atoms with van der Waals surface area (Å²) in [6, 6.07) is 6.52. The Labute approximate surface area is 163 Å². The molecule has 0 unspecified atom stereocenters. The van der Waals surface area contributed by atoms with Crippen molar-refractivity contribution in [3.8, 4) is 11.6 Å². The average Bonchev–Trinajstić information content (AvgIpc) is 3.11.